The van der Waals surface area contributed by atoms with E-state index in [2.05, 4.69) is 20.7 Å². The SMILES string of the molecule is CC(C)CNC(=O)[C@@H](C[C@H](O)[C@H](COCc1cccc([C@H](NC(=O)OC(C)(C)C)c2ccccc2)c1)N=[N+]=[N-])C(C)C. The van der Waals surface area contributed by atoms with E-state index in [4.69, 9.17) is 15.0 Å². The van der Waals surface area contributed by atoms with Crippen molar-refractivity contribution in [2.24, 2.45) is 22.9 Å². The Labute approximate surface area is 249 Å². The number of azide groups is 1. The van der Waals surface area contributed by atoms with Gasteiger partial charge in [0.05, 0.1) is 31.4 Å². The van der Waals surface area contributed by atoms with E-state index in [1.807, 2.05) is 103 Å². The molecule has 230 valence electrons. The molecule has 0 aliphatic rings. The maximum atomic E-state index is 12.7. The van der Waals surface area contributed by atoms with Gasteiger partial charge in [-0.2, -0.15) is 0 Å². The van der Waals surface area contributed by atoms with Gasteiger partial charge in [0, 0.05) is 17.4 Å². The minimum atomic E-state index is -1.05. The Morgan fingerprint density at radius 1 is 1.02 bits per heavy atom. The molecule has 2 aromatic carbocycles. The van der Waals surface area contributed by atoms with Gasteiger partial charge in [0.25, 0.3) is 0 Å². The van der Waals surface area contributed by atoms with Crippen LogP contribution in [0.3, 0.4) is 0 Å². The standard InChI is InChI=1S/C32H47N5O5/c1-21(2)18-34-30(39)26(22(3)4)17-28(38)27(36-37-33)20-41-19-23-12-11-15-25(16-23)29(24-13-9-8-10-14-24)35-31(40)42-32(5,6)7/h8-16,21-22,26-29,38H,17-20H2,1-7H3,(H,34,39)(H,35,40)/t26-,27-,28-,29+/m0/s1. The first-order valence-corrected chi connectivity index (χ1v) is 14.5. The number of rotatable bonds is 15. The third-order valence-electron chi connectivity index (χ3n) is 6.60. The van der Waals surface area contributed by atoms with E-state index in [0.29, 0.717) is 12.5 Å². The highest BCUT2D eigenvalue weighted by atomic mass is 16.6. The quantitative estimate of drug-likeness (QED) is 0.128. The van der Waals surface area contributed by atoms with Gasteiger partial charge in [-0.05, 0) is 61.2 Å². The molecule has 0 aromatic heterocycles. The van der Waals surface area contributed by atoms with Gasteiger partial charge in [-0.15, -0.1) is 0 Å². The van der Waals surface area contributed by atoms with E-state index in [0.717, 1.165) is 16.7 Å². The lowest BCUT2D eigenvalue weighted by atomic mass is 9.87. The molecule has 0 unspecified atom stereocenters. The fraction of sp³-hybridized carbons (Fsp3) is 0.562. The van der Waals surface area contributed by atoms with Crippen molar-refractivity contribution < 1.29 is 24.2 Å². The topological polar surface area (TPSA) is 146 Å². The number of carbonyl (C=O) groups is 2. The molecule has 0 heterocycles. The first-order chi connectivity index (χ1) is 19.8. The smallest absolute Gasteiger partial charge is 0.408 e. The van der Waals surface area contributed by atoms with E-state index in [-0.39, 0.29) is 31.5 Å². The largest absolute Gasteiger partial charge is 0.444 e. The Kier molecular flexibility index (Phi) is 13.8. The lowest BCUT2D eigenvalue weighted by molar-refractivity contribution is -0.127. The van der Waals surface area contributed by atoms with Gasteiger partial charge in [0.15, 0.2) is 0 Å². The second-order valence-electron chi connectivity index (χ2n) is 12.3. The maximum Gasteiger partial charge on any atom is 0.408 e. The van der Waals surface area contributed by atoms with E-state index in [9.17, 15) is 14.7 Å². The van der Waals surface area contributed by atoms with Crippen LogP contribution in [0.4, 0.5) is 4.79 Å². The van der Waals surface area contributed by atoms with Crippen LogP contribution in [0.1, 0.15) is 77.6 Å². The number of alkyl carbamates (subject to hydrolysis) is 1. The van der Waals surface area contributed by atoms with Crippen molar-refractivity contribution in [2.45, 2.75) is 85.3 Å². The molecule has 0 aliphatic carbocycles. The normalized spacial score (nSPS) is 14.4. The minimum absolute atomic E-state index is 0.00552. The summed E-state index contributed by atoms with van der Waals surface area (Å²) >= 11 is 0. The lowest BCUT2D eigenvalue weighted by Crippen LogP contribution is -2.40. The van der Waals surface area contributed by atoms with Gasteiger partial charge in [-0.25, -0.2) is 4.79 Å². The van der Waals surface area contributed by atoms with Crippen LogP contribution in [0.5, 0.6) is 0 Å². The number of ether oxygens (including phenoxy) is 2. The molecule has 2 aromatic rings. The first kappa shape index (κ1) is 34.6. The first-order valence-electron chi connectivity index (χ1n) is 14.5. The molecular formula is C32H47N5O5. The van der Waals surface area contributed by atoms with Gasteiger partial charge < -0.3 is 25.2 Å². The molecule has 42 heavy (non-hydrogen) atoms. The molecule has 2 amide bonds. The molecule has 0 fully saturated rings. The van der Waals surface area contributed by atoms with Crippen molar-refractivity contribution in [1.29, 1.82) is 0 Å². The molecule has 0 spiro atoms. The number of aliphatic hydroxyl groups excluding tert-OH is 1. The number of nitrogens with one attached hydrogen (secondary N) is 2. The number of nitrogens with zero attached hydrogens (tertiary/aromatic N) is 3. The van der Waals surface area contributed by atoms with Crippen LogP contribution >= 0.6 is 0 Å². The summed E-state index contributed by atoms with van der Waals surface area (Å²) in [6.07, 6.45) is -1.43. The average molecular weight is 582 g/mol. The van der Waals surface area contributed by atoms with Crippen LogP contribution in [-0.4, -0.2) is 48.0 Å². The summed E-state index contributed by atoms with van der Waals surface area (Å²) in [6.45, 7) is 14.1. The fourth-order valence-corrected chi connectivity index (χ4v) is 4.41. The van der Waals surface area contributed by atoms with Gasteiger partial charge in [0.1, 0.15) is 5.60 Å². The zero-order valence-corrected chi connectivity index (χ0v) is 25.9. The van der Waals surface area contributed by atoms with Crippen LogP contribution in [0, 0.1) is 17.8 Å². The summed E-state index contributed by atoms with van der Waals surface area (Å²) in [6, 6.07) is 15.9. The number of hydrogen-bond donors (Lipinski definition) is 3. The monoisotopic (exact) mass is 581 g/mol. The molecule has 3 N–H and O–H groups in total. The fourth-order valence-electron chi connectivity index (χ4n) is 4.41. The molecule has 0 radical (unpaired) electrons. The van der Waals surface area contributed by atoms with Crippen molar-refractivity contribution in [3.05, 3.63) is 81.7 Å². The molecule has 2 rings (SSSR count). The molecule has 4 atom stereocenters. The van der Waals surface area contributed by atoms with Crippen molar-refractivity contribution >= 4 is 12.0 Å². The highest BCUT2D eigenvalue weighted by Gasteiger charge is 2.29. The Morgan fingerprint density at radius 3 is 2.29 bits per heavy atom. The average Bonchev–Trinajstić information content (AvgIpc) is 2.92. The molecule has 0 bridgehead atoms. The number of benzene rings is 2. The van der Waals surface area contributed by atoms with Gasteiger partial charge in [-0.1, -0.05) is 87.4 Å². The lowest BCUT2D eigenvalue weighted by Gasteiger charge is -2.26. The van der Waals surface area contributed by atoms with Crippen LogP contribution in [0.15, 0.2) is 59.7 Å². The molecule has 0 saturated carbocycles. The molecular weight excluding hydrogens is 534 g/mol. The predicted octanol–water partition coefficient (Wildman–Crippen LogP) is 6.29. The second kappa shape index (κ2) is 16.8. The Hall–Kier alpha value is -3.59. The summed E-state index contributed by atoms with van der Waals surface area (Å²) in [4.78, 5) is 28.3. The van der Waals surface area contributed by atoms with Crippen LogP contribution in [-0.2, 0) is 20.9 Å². The maximum absolute atomic E-state index is 12.7. The van der Waals surface area contributed by atoms with Crippen LogP contribution in [0.25, 0.3) is 10.4 Å². The molecule has 0 saturated heterocycles. The zero-order valence-electron chi connectivity index (χ0n) is 25.9. The summed E-state index contributed by atoms with van der Waals surface area (Å²) in [5, 5.41) is 20.6. The van der Waals surface area contributed by atoms with Crippen molar-refractivity contribution in [1.82, 2.24) is 10.6 Å². The Morgan fingerprint density at radius 2 is 1.69 bits per heavy atom. The van der Waals surface area contributed by atoms with E-state index >= 15 is 0 Å². The highest BCUT2D eigenvalue weighted by Crippen LogP contribution is 2.25. The second-order valence-corrected chi connectivity index (χ2v) is 12.3. The highest BCUT2D eigenvalue weighted by molar-refractivity contribution is 5.78. The zero-order chi connectivity index (χ0) is 31.3. The Bertz CT molecular complexity index is 1180. The summed E-state index contributed by atoms with van der Waals surface area (Å²) in [5.41, 5.74) is 11.0. The van der Waals surface area contributed by atoms with Crippen molar-refractivity contribution in [2.75, 3.05) is 13.2 Å². The summed E-state index contributed by atoms with van der Waals surface area (Å²) in [5.74, 6) is -0.248. The van der Waals surface area contributed by atoms with Crippen molar-refractivity contribution in [3.63, 3.8) is 0 Å². The summed E-state index contributed by atoms with van der Waals surface area (Å²) < 4.78 is 11.4. The number of carbonyl (C=O) groups excluding carboxylic acids is 2. The van der Waals surface area contributed by atoms with E-state index in [1.54, 1.807) is 0 Å². The van der Waals surface area contributed by atoms with Gasteiger partial charge >= 0.3 is 6.09 Å². The van der Waals surface area contributed by atoms with Gasteiger partial charge in [0.2, 0.25) is 5.91 Å². The number of amides is 2. The van der Waals surface area contributed by atoms with Crippen LogP contribution < -0.4 is 10.6 Å². The van der Waals surface area contributed by atoms with Crippen molar-refractivity contribution in [3.8, 4) is 0 Å². The third-order valence-corrected chi connectivity index (χ3v) is 6.60. The van der Waals surface area contributed by atoms with E-state index in [1.165, 1.54) is 0 Å². The number of aliphatic hydroxyl groups is 1. The third kappa shape index (κ3) is 12.1. The van der Waals surface area contributed by atoms with Crippen LogP contribution in [0.2, 0.25) is 0 Å². The minimum Gasteiger partial charge on any atom is -0.444 e. The molecule has 0 aliphatic heterocycles. The predicted molar refractivity (Wildman–Crippen MR) is 163 cm³/mol. The summed E-state index contributed by atoms with van der Waals surface area (Å²) in [7, 11) is 0. The number of hydrogen-bond acceptors (Lipinski definition) is 6. The molecule has 10 nitrogen and oxygen atoms in total. The molecule has 10 heteroatoms. The van der Waals surface area contributed by atoms with Gasteiger partial charge in [-0.3, -0.25) is 4.79 Å². The van der Waals surface area contributed by atoms with E-state index < -0.39 is 35.8 Å². The Balaban J connectivity index is 2.11.